The van der Waals surface area contributed by atoms with Crippen molar-refractivity contribution >= 4 is 28.2 Å². The fourth-order valence-corrected chi connectivity index (χ4v) is 1.88. The van der Waals surface area contributed by atoms with Gasteiger partial charge in [0.15, 0.2) is 0 Å². The summed E-state index contributed by atoms with van der Waals surface area (Å²) in [6, 6.07) is 5.16. The van der Waals surface area contributed by atoms with E-state index in [0.717, 1.165) is 6.42 Å². The van der Waals surface area contributed by atoms with Gasteiger partial charge in [0.05, 0.1) is 11.6 Å². The Kier molecular flexibility index (Phi) is 5.39. The van der Waals surface area contributed by atoms with Crippen LogP contribution in [0.15, 0.2) is 12.1 Å². The lowest BCUT2D eigenvalue weighted by molar-refractivity contribution is 0.672. The van der Waals surface area contributed by atoms with Crippen LogP contribution in [0.4, 0.5) is 5.82 Å². The van der Waals surface area contributed by atoms with Crippen LogP contribution < -0.4 is 5.32 Å². The molecule has 1 aromatic rings. The van der Waals surface area contributed by atoms with Crippen LogP contribution in [0.2, 0.25) is 5.15 Å². The van der Waals surface area contributed by atoms with Crippen molar-refractivity contribution in [1.82, 2.24) is 4.98 Å². The monoisotopic (exact) mass is 271 g/mol. The van der Waals surface area contributed by atoms with Crippen LogP contribution >= 0.6 is 11.6 Å². The van der Waals surface area contributed by atoms with Gasteiger partial charge in [-0.2, -0.15) is 5.26 Å². The van der Waals surface area contributed by atoms with Gasteiger partial charge in [-0.05, 0) is 18.6 Å². The second kappa shape index (κ2) is 6.58. The molecule has 0 aliphatic rings. The van der Waals surface area contributed by atoms with Crippen LogP contribution in [-0.4, -0.2) is 27.2 Å². The number of halogens is 1. The van der Waals surface area contributed by atoms with E-state index in [9.17, 15) is 4.21 Å². The predicted octanol–water partition coefficient (Wildman–Crippen LogP) is 2.18. The summed E-state index contributed by atoms with van der Waals surface area (Å²) in [4.78, 5) is 4.05. The van der Waals surface area contributed by atoms with E-state index < -0.39 is 10.8 Å². The molecule has 0 amide bonds. The molecule has 17 heavy (non-hydrogen) atoms. The molecule has 0 radical (unpaired) electrons. The van der Waals surface area contributed by atoms with E-state index in [0.29, 0.717) is 23.1 Å². The largest absolute Gasteiger partial charge is 0.370 e. The molecule has 0 bridgehead atoms. The first-order valence-corrected chi connectivity index (χ1v) is 7.16. The van der Waals surface area contributed by atoms with Gasteiger partial charge < -0.3 is 5.32 Å². The predicted molar refractivity (Wildman–Crippen MR) is 70.6 cm³/mol. The molecule has 4 nitrogen and oxygen atoms in total. The third kappa shape index (κ3) is 4.72. The van der Waals surface area contributed by atoms with Crippen molar-refractivity contribution in [3.05, 3.63) is 22.8 Å². The first-order chi connectivity index (χ1) is 8.02. The molecule has 1 aromatic heterocycles. The highest BCUT2D eigenvalue weighted by molar-refractivity contribution is 7.84. The smallest absolute Gasteiger partial charge is 0.132 e. The molecule has 1 N–H and O–H groups in total. The molecule has 2 atom stereocenters. The number of anilines is 1. The molecule has 6 heteroatoms. The highest BCUT2D eigenvalue weighted by atomic mass is 35.5. The Morgan fingerprint density at radius 3 is 2.94 bits per heavy atom. The molecule has 0 aromatic carbocycles. The summed E-state index contributed by atoms with van der Waals surface area (Å²) in [6.07, 6.45) is 2.47. The highest BCUT2D eigenvalue weighted by Crippen LogP contribution is 2.14. The number of hydrogen-bond acceptors (Lipinski definition) is 4. The minimum atomic E-state index is -0.817. The summed E-state index contributed by atoms with van der Waals surface area (Å²) in [5.74, 6) is 0.572. The summed E-state index contributed by atoms with van der Waals surface area (Å²) < 4.78 is 11.1. The summed E-state index contributed by atoms with van der Waals surface area (Å²) in [5.41, 5.74) is 0.472. The Hall–Kier alpha value is -1.12. The average molecular weight is 272 g/mol. The summed E-state index contributed by atoms with van der Waals surface area (Å²) in [7, 11) is -0.817. The Balaban J connectivity index is 2.55. The van der Waals surface area contributed by atoms with Gasteiger partial charge in [0.25, 0.3) is 0 Å². The van der Waals surface area contributed by atoms with Crippen LogP contribution in [0.1, 0.15) is 18.9 Å². The van der Waals surface area contributed by atoms with Gasteiger partial charge in [0, 0.05) is 28.9 Å². The quantitative estimate of drug-likeness (QED) is 0.834. The maximum absolute atomic E-state index is 11.1. The van der Waals surface area contributed by atoms with Crippen LogP contribution in [0.5, 0.6) is 0 Å². The lowest BCUT2D eigenvalue weighted by Gasteiger charge is -2.09. The zero-order valence-corrected chi connectivity index (χ0v) is 11.3. The maximum Gasteiger partial charge on any atom is 0.132 e. The third-order valence-electron chi connectivity index (χ3n) is 2.35. The minimum Gasteiger partial charge on any atom is -0.370 e. The Morgan fingerprint density at radius 2 is 2.35 bits per heavy atom. The average Bonchev–Trinajstić information content (AvgIpc) is 2.27. The number of hydrogen-bond donors (Lipinski definition) is 1. The Labute approximate surface area is 108 Å². The standard InChI is InChI=1S/C11H14ClN3OS/c1-8(17(2)16)3-4-14-11-6-9(7-13)5-10(12)15-11/h5-6,8H,3-4H2,1-2H3,(H,14,15). The molecule has 0 saturated heterocycles. The van der Waals surface area contributed by atoms with Gasteiger partial charge in [0.1, 0.15) is 11.0 Å². The number of nitrogens with one attached hydrogen (secondary N) is 1. The first-order valence-electron chi connectivity index (χ1n) is 5.16. The zero-order chi connectivity index (χ0) is 12.8. The number of pyridine rings is 1. The van der Waals surface area contributed by atoms with Gasteiger partial charge >= 0.3 is 0 Å². The summed E-state index contributed by atoms with van der Waals surface area (Å²) >= 11 is 5.77. The van der Waals surface area contributed by atoms with Gasteiger partial charge in [0.2, 0.25) is 0 Å². The van der Waals surface area contributed by atoms with Crippen molar-refractivity contribution in [2.45, 2.75) is 18.6 Å². The summed E-state index contributed by atoms with van der Waals surface area (Å²) in [5, 5.41) is 12.3. The molecule has 1 rings (SSSR count). The molecule has 0 saturated carbocycles. The topological polar surface area (TPSA) is 65.8 Å². The molecule has 0 aliphatic carbocycles. The fourth-order valence-electron chi connectivity index (χ4n) is 1.22. The number of nitrogens with zero attached hydrogens (tertiary/aromatic N) is 2. The number of aromatic nitrogens is 1. The number of rotatable bonds is 5. The van der Waals surface area contributed by atoms with E-state index in [1.165, 1.54) is 6.07 Å². The van der Waals surface area contributed by atoms with Gasteiger partial charge in [-0.15, -0.1) is 0 Å². The van der Waals surface area contributed by atoms with Crippen LogP contribution in [0.25, 0.3) is 0 Å². The van der Waals surface area contributed by atoms with E-state index in [2.05, 4.69) is 10.3 Å². The van der Waals surface area contributed by atoms with Crippen molar-refractivity contribution in [2.24, 2.45) is 0 Å². The molecular formula is C11H14ClN3OS. The fraction of sp³-hybridized carbons (Fsp3) is 0.455. The van der Waals surface area contributed by atoms with Crippen molar-refractivity contribution in [1.29, 1.82) is 5.26 Å². The maximum atomic E-state index is 11.1. The molecule has 1 heterocycles. The molecule has 0 spiro atoms. The first kappa shape index (κ1) is 13.9. The minimum absolute atomic E-state index is 0.136. The zero-order valence-electron chi connectivity index (χ0n) is 9.74. The molecule has 0 fully saturated rings. The van der Waals surface area contributed by atoms with Crippen LogP contribution in [0.3, 0.4) is 0 Å². The molecule has 2 unspecified atom stereocenters. The van der Waals surface area contributed by atoms with Crippen molar-refractivity contribution < 1.29 is 4.21 Å². The van der Waals surface area contributed by atoms with E-state index in [4.69, 9.17) is 16.9 Å². The van der Waals surface area contributed by atoms with Crippen molar-refractivity contribution in [3.63, 3.8) is 0 Å². The van der Waals surface area contributed by atoms with Crippen LogP contribution in [-0.2, 0) is 10.8 Å². The second-order valence-electron chi connectivity index (χ2n) is 3.70. The van der Waals surface area contributed by atoms with E-state index in [-0.39, 0.29) is 5.25 Å². The van der Waals surface area contributed by atoms with Crippen LogP contribution in [0, 0.1) is 11.3 Å². The van der Waals surface area contributed by atoms with Crippen molar-refractivity contribution in [2.75, 3.05) is 18.1 Å². The molecule has 92 valence electrons. The molecular weight excluding hydrogens is 258 g/mol. The highest BCUT2D eigenvalue weighted by Gasteiger charge is 2.06. The third-order valence-corrected chi connectivity index (χ3v) is 3.91. The van der Waals surface area contributed by atoms with Crippen molar-refractivity contribution in [3.8, 4) is 6.07 Å². The van der Waals surface area contributed by atoms with Gasteiger partial charge in [-0.3, -0.25) is 4.21 Å². The normalized spacial score (nSPS) is 13.8. The number of nitriles is 1. The lowest BCUT2D eigenvalue weighted by Crippen LogP contribution is -2.15. The lowest BCUT2D eigenvalue weighted by atomic mass is 10.3. The van der Waals surface area contributed by atoms with E-state index in [1.54, 1.807) is 12.3 Å². The molecule has 0 aliphatic heterocycles. The second-order valence-corrected chi connectivity index (χ2v) is 5.89. The Bertz CT molecular complexity index is 459. The van der Waals surface area contributed by atoms with E-state index in [1.807, 2.05) is 13.0 Å². The van der Waals surface area contributed by atoms with Gasteiger partial charge in [-0.1, -0.05) is 18.5 Å². The summed E-state index contributed by atoms with van der Waals surface area (Å²) in [6.45, 7) is 2.59. The van der Waals surface area contributed by atoms with Gasteiger partial charge in [-0.25, -0.2) is 4.98 Å². The SMILES string of the molecule is CC(CCNc1cc(C#N)cc(Cl)n1)S(C)=O. The Morgan fingerprint density at radius 1 is 1.65 bits per heavy atom. The van der Waals surface area contributed by atoms with E-state index >= 15 is 0 Å².